The summed E-state index contributed by atoms with van der Waals surface area (Å²) < 4.78 is 5.08. The standard InChI is InChI=1S/C14H21N3O3/c1-4-12(13(15)17-19)14(18)16-9(2)10-5-7-11(20-3)8-6-10/h5-9,12,19H,4H2,1-3H3,(H2,15,17)(H,16,18). The molecule has 4 N–H and O–H groups in total. The molecular weight excluding hydrogens is 258 g/mol. The van der Waals surface area contributed by atoms with E-state index in [-0.39, 0.29) is 17.8 Å². The number of rotatable bonds is 6. The average Bonchev–Trinajstić information content (AvgIpc) is 2.47. The highest BCUT2D eigenvalue weighted by atomic mass is 16.5. The molecule has 0 bridgehead atoms. The molecular formula is C14H21N3O3. The lowest BCUT2D eigenvalue weighted by Gasteiger charge is -2.19. The second-order valence-electron chi connectivity index (χ2n) is 4.49. The fourth-order valence-corrected chi connectivity index (χ4v) is 1.89. The van der Waals surface area contributed by atoms with Gasteiger partial charge in [0, 0.05) is 0 Å². The Bertz CT molecular complexity index is 471. The van der Waals surface area contributed by atoms with Gasteiger partial charge in [-0.15, -0.1) is 0 Å². The van der Waals surface area contributed by atoms with Gasteiger partial charge in [0.05, 0.1) is 19.1 Å². The van der Waals surface area contributed by atoms with E-state index in [9.17, 15) is 4.79 Å². The smallest absolute Gasteiger partial charge is 0.231 e. The molecule has 1 aromatic carbocycles. The largest absolute Gasteiger partial charge is 0.497 e. The van der Waals surface area contributed by atoms with Crippen molar-refractivity contribution in [1.82, 2.24) is 5.32 Å². The number of nitrogens with zero attached hydrogens (tertiary/aromatic N) is 1. The van der Waals surface area contributed by atoms with Crippen LogP contribution in [-0.2, 0) is 4.79 Å². The second-order valence-corrected chi connectivity index (χ2v) is 4.49. The van der Waals surface area contributed by atoms with Crippen LogP contribution < -0.4 is 15.8 Å². The Morgan fingerprint density at radius 3 is 2.50 bits per heavy atom. The van der Waals surface area contributed by atoms with Crippen molar-refractivity contribution in [3.63, 3.8) is 0 Å². The van der Waals surface area contributed by atoms with Gasteiger partial charge >= 0.3 is 0 Å². The summed E-state index contributed by atoms with van der Waals surface area (Å²) in [6, 6.07) is 7.26. The number of benzene rings is 1. The summed E-state index contributed by atoms with van der Waals surface area (Å²) in [5, 5.41) is 14.4. The van der Waals surface area contributed by atoms with Crippen LogP contribution in [0.1, 0.15) is 31.9 Å². The average molecular weight is 279 g/mol. The molecule has 0 aliphatic heterocycles. The summed E-state index contributed by atoms with van der Waals surface area (Å²) in [6.45, 7) is 3.68. The van der Waals surface area contributed by atoms with E-state index in [1.807, 2.05) is 31.2 Å². The van der Waals surface area contributed by atoms with Gasteiger partial charge < -0.3 is 21.0 Å². The van der Waals surface area contributed by atoms with E-state index in [4.69, 9.17) is 15.7 Å². The highest BCUT2D eigenvalue weighted by Crippen LogP contribution is 2.18. The Morgan fingerprint density at radius 2 is 2.05 bits per heavy atom. The molecule has 1 aromatic rings. The minimum Gasteiger partial charge on any atom is -0.497 e. The fourth-order valence-electron chi connectivity index (χ4n) is 1.89. The van der Waals surface area contributed by atoms with E-state index in [2.05, 4.69) is 10.5 Å². The third-order valence-electron chi connectivity index (χ3n) is 3.17. The Hall–Kier alpha value is -2.24. The molecule has 0 saturated heterocycles. The first-order chi connectivity index (χ1) is 9.53. The Labute approximate surface area is 118 Å². The number of hydrogen-bond acceptors (Lipinski definition) is 4. The first-order valence-electron chi connectivity index (χ1n) is 6.45. The number of carbonyl (C=O) groups excluding carboxylic acids is 1. The summed E-state index contributed by atoms with van der Waals surface area (Å²) in [7, 11) is 1.60. The number of nitrogens with one attached hydrogen (secondary N) is 1. The van der Waals surface area contributed by atoms with E-state index in [0.29, 0.717) is 6.42 Å². The zero-order valence-electron chi connectivity index (χ0n) is 12.0. The predicted octanol–water partition coefficient (Wildman–Crippen LogP) is 1.64. The van der Waals surface area contributed by atoms with Crippen LogP contribution in [0, 0.1) is 5.92 Å². The maximum absolute atomic E-state index is 12.1. The third-order valence-corrected chi connectivity index (χ3v) is 3.17. The first-order valence-corrected chi connectivity index (χ1v) is 6.45. The van der Waals surface area contributed by atoms with E-state index in [0.717, 1.165) is 11.3 Å². The lowest BCUT2D eigenvalue weighted by Crippen LogP contribution is -2.39. The molecule has 1 amide bonds. The van der Waals surface area contributed by atoms with Crippen molar-refractivity contribution in [3.05, 3.63) is 29.8 Å². The monoisotopic (exact) mass is 279 g/mol. The Kier molecular flexibility index (Phi) is 5.83. The second kappa shape index (κ2) is 7.37. The minimum atomic E-state index is -0.624. The highest BCUT2D eigenvalue weighted by molar-refractivity contribution is 6.02. The van der Waals surface area contributed by atoms with Crippen molar-refractivity contribution >= 4 is 11.7 Å². The number of oxime groups is 1. The summed E-state index contributed by atoms with van der Waals surface area (Å²) in [5.41, 5.74) is 6.46. The molecule has 0 saturated carbocycles. The van der Waals surface area contributed by atoms with Gasteiger partial charge in [0.15, 0.2) is 5.84 Å². The highest BCUT2D eigenvalue weighted by Gasteiger charge is 2.22. The third kappa shape index (κ3) is 3.88. The van der Waals surface area contributed by atoms with Crippen LogP contribution in [0.2, 0.25) is 0 Å². The first kappa shape index (κ1) is 15.8. The van der Waals surface area contributed by atoms with Crippen molar-refractivity contribution in [2.75, 3.05) is 7.11 Å². The molecule has 0 spiro atoms. The summed E-state index contributed by atoms with van der Waals surface area (Å²) >= 11 is 0. The topological polar surface area (TPSA) is 96.9 Å². The predicted molar refractivity (Wildman–Crippen MR) is 76.7 cm³/mol. The minimum absolute atomic E-state index is 0.0769. The maximum atomic E-state index is 12.1. The van der Waals surface area contributed by atoms with Crippen molar-refractivity contribution in [2.45, 2.75) is 26.3 Å². The quantitative estimate of drug-likeness (QED) is 0.319. The molecule has 2 unspecified atom stereocenters. The van der Waals surface area contributed by atoms with E-state index in [1.54, 1.807) is 14.0 Å². The van der Waals surface area contributed by atoms with Crippen LogP contribution in [0.25, 0.3) is 0 Å². The fraction of sp³-hybridized carbons (Fsp3) is 0.429. The van der Waals surface area contributed by atoms with Gasteiger partial charge in [-0.1, -0.05) is 24.2 Å². The molecule has 0 aliphatic carbocycles. The molecule has 0 radical (unpaired) electrons. The van der Waals surface area contributed by atoms with Gasteiger partial charge in [-0.25, -0.2) is 0 Å². The zero-order chi connectivity index (χ0) is 15.1. The summed E-state index contributed by atoms with van der Waals surface area (Å²) in [5.74, 6) is -0.200. The van der Waals surface area contributed by atoms with Gasteiger partial charge in [0.1, 0.15) is 5.75 Å². The van der Waals surface area contributed by atoms with Gasteiger partial charge in [0.25, 0.3) is 0 Å². The van der Waals surface area contributed by atoms with Crippen LogP contribution in [0.15, 0.2) is 29.4 Å². The van der Waals surface area contributed by atoms with Crippen LogP contribution in [0.5, 0.6) is 5.75 Å². The number of amidine groups is 1. The number of hydrogen-bond donors (Lipinski definition) is 3. The van der Waals surface area contributed by atoms with Crippen molar-refractivity contribution < 1.29 is 14.7 Å². The number of methoxy groups -OCH3 is 1. The lowest BCUT2D eigenvalue weighted by molar-refractivity contribution is -0.123. The van der Waals surface area contributed by atoms with E-state index in [1.165, 1.54) is 0 Å². The zero-order valence-corrected chi connectivity index (χ0v) is 12.0. The van der Waals surface area contributed by atoms with Crippen LogP contribution in [0.3, 0.4) is 0 Å². The molecule has 0 aromatic heterocycles. The molecule has 6 nitrogen and oxygen atoms in total. The number of amides is 1. The molecule has 1 rings (SSSR count). The lowest BCUT2D eigenvalue weighted by atomic mass is 10.0. The number of nitrogens with two attached hydrogens (primary N) is 1. The van der Waals surface area contributed by atoms with Crippen molar-refractivity contribution in [1.29, 1.82) is 0 Å². The molecule has 2 atom stereocenters. The molecule has 20 heavy (non-hydrogen) atoms. The van der Waals surface area contributed by atoms with Gasteiger partial charge in [-0.05, 0) is 31.0 Å². The molecule has 6 heteroatoms. The van der Waals surface area contributed by atoms with Crippen molar-refractivity contribution in [3.8, 4) is 5.75 Å². The Balaban J connectivity index is 2.73. The molecule has 0 heterocycles. The van der Waals surface area contributed by atoms with Crippen LogP contribution >= 0.6 is 0 Å². The molecule has 110 valence electrons. The summed E-state index contributed by atoms with van der Waals surface area (Å²) in [6.07, 6.45) is 0.469. The number of ether oxygens (including phenoxy) is 1. The van der Waals surface area contributed by atoms with Crippen molar-refractivity contribution in [2.24, 2.45) is 16.8 Å². The van der Waals surface area contributed by atoms with E-state index < -0.39 is 5.92 Å². The maximum Gasteiger partial charge on any atom is 0.231 e. The van der Waals surface area contributed by atoms with Gasteiger partial charge in [-0.3, -0.25) is 4.79 Å². The SMILES string of the molecule is CCC(C(=O)NC(C)c1ccc(OC)cc1)C(N)=NO. The molecule has 0 fully saturated rings. The Morgan fingerprint density at radius 1 is 1.45 bits per heavy atom. The number of carbonyl (C=O) groups is 1. The van der Waals surface area contributed by atoms with Gasteiger partial charge in [0.2, 0.25) is 5.91 Å². The molecule has 0 aliphatic rings. The normalized spacial score (nSPS) is 14.4. The van der Waals surface area contributed by atoms with E-state index >= 15 is 0 Å². The van der Waals surface area contributed by atoms with Gasteiger partial charge in [-0.2, -0.15) is 0 Å². The van der Waals surface area contributed by atoms with Crippen LogP contribution in [0.4, 0.5) is 0 Å². The summed E-state index contributed by atoms with van der Waals surface area (Å²) in [4.78, 5) is 12.1. The van der Waals surface area contributed by atoms with Crippen LogP contribution in [-0.4, -0.2) is 24.1 Å².